The molecule has 2 aromatic rings. The molecule has 4 rings (SSSR count). The van der Waals surface area contributed by atoms with Crippen molar-refractivity contribution in [3.05, 3.63) is 24.0 Å². The van der Waals surface area contributed by atoms with Crippen LogP contribution >= 0.6 is 0 Å². The van der Waals surface area contributed by atoms with Crippen molar-refractivity contribution >= 4 is 11.0 Å². The number of hydrogen-bond acceptors (Lipinski definition) is 5. The maximum absolute atomic E-state index is 9.86. The molecule has 2 aliphatic rings. The summed E-state index contributed by atoms with van der Waals surface area (Å²) in [6.07, 6.45) is -1.24. The first-order valence-electron chi connectivity index (χ1n) is 9.00. The number of aliphatic hydroxyl groups is 1. The Labute approximate surface area is 146 Å². The normalized spacial score (nSPS) is 28.6. The van der Waals surface area contributed by atoms with E-state index >= 15 is 0 Å². The molecule has 7 nitrogen and oxygen atoms in total. The first-order valence-corrected chi connectivity index (χ1v) is 9.00. The Kier molecular flexibility index (Phi) is 4.41. The summed E-state index contributed by atoms with van der Waals surface area (Å²) < 4.78 is 21.9. The third-order valence-electron chi connectivity index (χ3n) is 5.24. The van der Waals surface area contributed by atoms with Crippen molar-refractivity contribution in [2.75, 3.05) is 13.2 Å². The van der Waals surface area contributed by atoms with Crippen LogP contribution in [0.4, 0.5) is 0 Å². The molecule has 2 fully saturated rings. The minimum Gasteiger partial charge on any atom is -0.485 e. The first kappa shape index (κ1) is 16.8. The van der Waals surface area contributed by atoms with Crippen LogP contribution in [0.25, 0.3) is 11.0 Å². The van der Waals surface area contributed by atoms with Gasteiger partial charge in [-0.25, -0.2) is 9.13 Å². The van der Waals surface area contributed by atoms with Gasteiger partial charge in [0.25, 0.3) is 5.82 Å². The molecule has 25 heavy (non-hydrogen) atoms. The number of imidazole rings is 1. The van der Waals surface area contributed by atoms with Gasteiger partial charge in [0.1, 0.15) is 24.1 Å². The van der Waals surface area contributed by atoms with E-state index in [-0.39, 0.29) is 18.3 Å². The van der Waals surface area contributed by atoms with E-state index in [1.807, 2.05) is 6.07 Å². The zero-order valence-electron chi connectivity index (χ0n) is 14.7. The molecule has 0 aliphatic carbocycles. The lowest BCUT2D eigenvalue weighted by Gasteiger charge is -2.17. The Morgan fingerprint density at radius 2 is 2.08 bits per heavy atom. The topological polar surface area (TPSA) is 82.8 Å². The minimum atomic E-state index is -0.561. The summed E-state index contributed by atoms with van der Waals surface area (Å²) in [7, 11) is 0. The molecule has 1 aromatic carbocycles. The molecular formula is C18H26N3O4+. The molecule has 4 atom stereocenters. The number of nitrogens with two attached hydrogens (primary N) is 1. The summed E-state index contributed by atoms with van der Waals surface area (Å²) in [5.74, 6) is 1.90. The van der Waals surface area contributed by atoms with Gasteiger partial charge in [0.2, 0.25) is 0 Å². The van der Waals surface area contributed by atoms with Crippen molar-refractivity contribution in [1.29, 1.82) is 0 Å². The molecule has 2 saturated heterocycles. The predicted octanol–water partition coefficient (Wildman–Crippen LogP) is 0.333. The summed E-state index contributed by atoms with van der Waals surface area (Å²) in [4.78, 5) is 0. The summed E-state index contributed by atoms with van der Waals surface area (Å²) in [6.45, 7) is 7.22. The Morgan fingerprint density at radius 1 is 1.28 bits per heavy atom. The predicted molar refractivity (Wildman–Crippen MR) is 91.3 cm³/mol. The van der Waals surface area contributed by atoms with E-state index in [9.17, 15) is 5.11 Å². The Hall–Kier alpha value is -1.67. The van der Waals surface area contributed by atoms with Gasteiger partial charge in [-0.3, -0.25) is 0 Å². The van der Waals surface area contributed by atoms with Gasteiger partial charge in [0.05, 0.1) is 32.8 Å². The van der Waals surface area contributed by atoms with Crippen LogP contribution in [0.3, 0.4) is 0 Å². The van der Waals surface area contributed by atoms with Crippen molar-refractivity contribution in [3.8, 4) is 5.75 Å². The molecule has 7 heteroatoms. The van der Waals surface area contributed by atoms with E-state index in [1.54, 1.807) is 0 Å². The number of aryl methyl sites for hydroxylation is 2. The van der Waals surface area contributed by atoms with Gasteiger partial charge in [0, 0.05) is 6.07 Å². The SMILES string of the molecule is CCn1c(CN)[n+](CC)c2ccc(OC3COC4C(O)COC34)cc21. The molecule has 1 aromatic heterocycles. The molecule has 3 heterocycles. The highest BCUT2D eigenvalue weighted by atomic mass is 16.6. The quantitative estimate of drug-likeness (QED) is 0.761. The Balaban J connectivity index is 1.65. The molecule has 136 valence electrons. The van der Waals surface area contributed by atoms with Crippen molar-refractivity contribution in [3.63, 3.8) is 0 Å². The highest BCUT2D eigenvalue weighted by Gasteiger charge is 2.48. The highest BCUT2D eigenvalue weighted by Crippen LogP contribution is 2.31. The minimum absolute atomic E-state index is 0.197. The molecule has 0 saturated carbocycles. The maximum atomic E-state index is 9.86. The molecule has 0 amide bonds. The van der Waals surface area contributed by atoms with E-state index in [1.165, 1.54) is 0 Å². The fourth-order valence-electron chi connectivity index (χ4n) is 4.09. The zero-order valence-corrected chi connectivity index (χ0v) is 14.7. The number of hydrogen-bond donors (Lipinski definition) is 2. The van der Waals surface area contributed by atoms with Gasteiger partial charge in [-0.15, -0.1) is 0 Å². The highest BCUT2D eigenvalue weighted by molar-refractivity contribution is 5.74. The van der Waals surface area contributed by atoms with Gasteiger partial charge < -0.3 is 25.1 Å². The molecular weight excluding hydrogens is 322 g/mol. The number of benzene rings is 1. The van der Waals surface area contributed by atoms with E-state index in [0.29, 0.717) is 19.8 Å². The van der Waals surface area contributed by atoms with Gasteiger partial charge in [0.15, 0.2) is 17.1 Å². The second-order valence-corrected chi connectivity index (χ2v) is 6.58. The van der Waals surface area contributed by atoms with Gasteiger partial charge in [-0.1, -0.05) is 0 Å². The van der Waals surface area contributed by atoms with Crippen LogP contribution in [0.2, 0.25) is 0 Å². The van der Waals surface area contributed by atoms with Gasteiger partial charge >= 0.3 is 0 Å². The van der Waals surface area contributed by atoms with E-state index in [0.717, 1.165) is 35.7 Å². The molecule has 0 bridgehead atoms. The van der Waals surface area contributed by atoms with Crippen LogP contribution in [0, 0.1) is 0 Å². The second kappa shape index (κ2) is 6.57. The van der Waals surface area contributed by atoms with Crippen LogP contribution < -0.4 is 15.0 Å². The summed E-state index contributed by atoms with van der Waals surface area (Å²) in [5.41, 5.74) is 8.25. The summed E-state index contributed by atoms with van der Waals surface area (Å²) in [5, 5.41) is 9.86. The lowest BCUT2D eigenvalue weighted by molar-refractivity contribution is -0.676. The summed E-state index contributed by atoms with van der Waals surface area (Å²) >= 11 is 0. The van der Waals surface area contributed by atoms with Crippen molar-refractivity contribution in [2.45, 2.75) is 57.9 Å². The Morgan fingerprint density at radius 3 is 2.80 bits per heavy atom. The van der Waals surface area contributed by atoms with Crippen LogP contribution in [0.15, 0.2) is 18.2 Å². The van der Waals surface area contributed by atoms with E-state index < -0.39 is 6.10 Å². The maximum Gasteiger partial charge on any atom is 0.271 e. The van der Waals surface area contributed by atoms with Gasteiger partial charge in [-0.05, 0) is 26.0 Å². The number of ether oxygens (including phenoxy) is 3. The smallest absolute Gasteiger partial charge is 0.271 e. The van der Waals surface area contributed by atoms with Crippen LogP contribution in [-0.4, -0.2) is 47.3 Å². The zero-order chi connectivity index (χ0) is 17.6. The van der Waals surface area contributed by atoms with Crippen molar-refractivity contribution < 1.29 is 23.9 Å². The number of fused-ring (bicyclic) bond motifs is 2. The third kappa shape index (κ3) is 2.62. The lowest BCUT2D eigenvalue weighted by atomic mass is 10.1. The van der Waals surface area contributed by atoms with E-state index in [4.69, 9.17) is 19.9 Å². The average Bonchev–Trinajstić information content (AvgIpc) is 3.28. The molecule has 0 radical (unpaired) electrons. The fraction of sp³-hybridized carbons (Fsp3) is 0.611. The molecule has 2 aliphatic heterocycles. The molecule has 0 spiro atoms. The lowest BCUT2D eigenvalue weighted by Crippen LogP contribution is -2.38. The standard InChI is InChI=1S/C18H26N3O4/c1-3-20-12-6-5-11(7-13(12)21(4-2)16(20)8-19)25-15-10-24-17-14(22)9-23-18(15)17/h5-7,14-15,17-18,22H,3-4,8-10,19H2,1-2H3/q+1. The molecule has 4 unspecified atom stereocenters. The van der Waals surface area contributed by atoms with Crippen LogP contribution in [0.1, 0.15) is 19.7 Å². The monoisotopic (exact) mass is 348 g/mol. The van der Waals surface area contributed by atoms with E-state index in [2.05, 4.69) is 35.1 Å². The summed E-state index contributed by atoms with van der Waals surface area (Å²) in [6, 6.07) is 6.12. The number of aromatic nitrogens is 2. The average molecular weight is 348 g/mol. The molecule has 3 N–H and O–H groups in total. The third-order valence-corrected chi connectivity index (χ3v) is 5.24. The van der Waals surface area contributed by atoms with Crippen LogP contribution in [0.5, 0.6) is 5.75 Å². The number of nitrogens with zero attached hydrogens (tertiary/aromatic N) is 2. The largest absolute Gasteiger partial charge is 0.485 e. The number of rotatable bonds is 5. The van der Waals surface area contributed by atoms with Gasteiger partial charge in [-0.2, -0.15) is 0 Å². The number of aliphatic hydroxyl groups excluding tert-OH is 1. The Bertz CT molecular complexity index is 775. The second-order valence-electron chi connectivity index (χ2n) is 6.58. The van der Waals surface area contributed by atoms with Crippen molar-refractivity contribution in [2.24, 2.45) is 5.73 Å². The fourth-order valence-corrected chi connectivity index (χ4v) is 4.09. The first-order chi connectivity index (χ1) is 12.2. The van der Waals surface area contributed by atoms with Crippen molar-refractivity contribution in [1.82, 2.24) is 4.57 Å². The van der Waals surface area contributed by atoms with Crippen LogP contribution in [-0.2, 0) is 29.1 Å².